The predicted octanol–water partition coefficient (Wildman–Crippen LogP) is 4.22. The number of amides is 1. The Bertz CT molecular complexity index is 730. The van der Waals surface area contributed by atoms with Crippen molar-refractivity contribution in [1.82, 2.24) is 9.80 Å². The molecular formula is C25H36N2O2. The molecule has 1 unspecified atom stereocenters. The summed E-state index contributed by atoms with van der Waals surface area (Å²) >= 11 is 0. The lowest BCUT2D eigenvalue weighted by atomic mass is 10.0. The quantitative estimate of drug-likeness (QED) is 0.795. The minimum Gasteiger partial charge on any atom is -0.392 e. The van der Waals surface area contributed by atoms with Gasteiger partial charge in [-0.05, 0) is 24.5 Å². The average Bonchev–Trinajstić information content (AvgIpc) is 3.13. The number of hydrogen-bond acceptors (Lipinski definition) is 3. The highest BCUT2D eigenvalue weighted by molar-refractivity contribution is 5.79. The van der Waals surface area contributed by atoms with Gasteiger partial charge in [0.05, 0.1) is 18.6 Å². The van der Waals surface area contributed by atoms with Crippen LogP contribution in [0.15, 0.2) is 54.6 Å². The van der Waals surface area contributed by atoms with Crippen molar-refractivity contribution >= 4 is 5.91 Å². The first kappa shape index (κ1) is 23.1. The summed E-state index contributed by atoms with van der Waals surface area (Å²) in [6.07, 6.45) is 2.21. The number of likely N-dealkylation sites (tertiary alicyclic amines) is 1. The number of benzene rings is 2. The molecule has 0 saturated carbocycles. The van der Waals surface area contributed by atoms with E-state index in [1.165, 1.54) is 12.0 Å². The van der Waals surface area contributed by atoms with Gasteiger partial charge in [0.1, 0.15) is 0 Å². The Kier molecular flexibility index (Phi) is 9.36. The van der Waals surface area contributed by atoms with Crippen LogP contribution in [0.25, 0.3) is 0 Å². The summed E-state index contributed by atoms with van der Waals surface area (Å²) in [6, 6.07) is 18.3. The van der Waals surface area contributed by atoms with Crippen LogP contribution in [-0.2, 0) is 11.2 Å². The molecule has 2 atom stereocenters. The molecule has 0 aliphatic carbocycles. The van der Waals surface area contributed by atoms with E-state index in [0.717, 1.165) is 30.6 Å². The lowest BCUT2D eigenvalue weighted by Crippen LogP contribution is -2.39. The second-order valence-corrected chi connectivity index (χ2v) is 8.00. The molecule has 2 aromatic carbocycles. The number of carbonyl (C=O) groups excluding carboxylic acids is 1. The summed E-state index contributed by atoms with van der Waals surface area (Å²) in [5, 5.41) is 9.83. The van der Waals surface area contributed by atoms with Gasteiger partial charge in [-0.15, -0.1) is 0 Å². The minimum atomic E-state index is -0.250. The maximum Gasteiger partial charge on any atom is 0.227 e. The largest absolute Gasteiger partial charge is 0.392 e. The third kappa shape index (κ3) is 7.30. The van der Waals surface area contributed by atoms with E-state index in [0.29, 0.717) is 13.0 Å². The molecule has 4 heteroatoms. The van der Waals surface area contributed by atoms with Crippen molar-refractivity contribution in [2.24, 2.45) is 0 Å². The Morgan fingerprint density at radius 1 is 1.14 bits per heavy atom. The first-order valence-electron chi connectivity index (χ1n) is 10.7. The molecule has 1 aliphatic heterocycles. The highest BCUT2D eigenvalue weighted by Gasteiger charge is 2.28. The Labute approximate surface area is 176 Å². The monoisotopic (exact) mass is 396 g/mol. The van der Waals surface area contributed by atoms with Crippen molar-refractivity contribution in [1.29, 1.82) is 0 Å². The summed E-state index contributed by atoms with van der Waals surface area (Å²) in [5.41, 5.74) is 3.37. The first-order chi connectivity index (χ1) is 13.9. The van der Waals surface area contributed by atoms with Crippen LogP contribution < -0.4 is 0 Å². The first-order valence-corrected chi connectivity index (χ1v) is 10.7. The molecule has 158 valence electrons. The molecular weight excluding hydrogens is 360 g/mol. The SMILES string of the molecule is CCC.Cc1ccc(CC(=O)N(C)C(CN2CC[C@H](O)C2)c2ccccc2)cc1. The van der Waals surface area contributed by atoms with Crippen LogP contribution in [0, 0.1) is 6.92 Å². The highest BCUT2D eigenvalue weighted by atomic mass is 16.3. The molecule has 1 heterocycles. The molecule has 29 heavy (non-hydrogen) atoms. The number of hydrogen-bond donors (Lipinski definition) is 1. The standard InChI is InChI=1S/C22H28N2O2.C3H8/c1-17-8-10-18(11-9-17)14-22(26)23(2)21(19-6-4-3-5-7-19)16-24-13-12-20(25)15-24;1-3-2/h3-11,20-21,25H,12-16H2,1-2H3;3H2,1-2H3/t20-,21?;/m0./s1. The smallest absolute Gasteiger partial charge is 0.227 e. The Morgan fingerprint density at radius 3 is 2.31 bits per heavy atom. The van der Waals surface area contributed by atoms with Gasteiger partial charge in [0.25, 0.3) is 0 Å². The molecule has 0 aromatic heterocycles. The fourth-order valence-electron chi connectivity index (χ4n) is 3.53. The summed E-state index contributed by atoms with van der Waals surface area (Å²) in [6.45, 7) is 8.61. The van der Waals surface area contributed by atoms with E-state index >= 15 is 0 Å². The summed E-state index contributed by atoms with van der Waals surface area (Å²) in [5.74, 6) is 0.113. The molecule has 1 saturated heterocycles. The predicted molar refractivity (Wildman–Crippen MR) is 120 cm³/mol. The van der Waals surface area contributed by atoms with Gasteiger partial charge >= 0.3 is 0 Å². The third-order valence-corrected chi connectivity index (χ3v) is 5.20. The van der Waals surface area contributed by atoms with Gasteiger partial charge in [0, 0.05) is 26.7 Å². The zero-order valence-corrected chi connectivity index (χ0v) is 18.3. The van der Waals surface area contributed by atoms with E-state index in [2.05, 4.69) is 30.9 Å². The molecule has 0 spiro atoms. The Morgan fingerprint density at radius 2 is 1.76 bits per heavy atom. The van der Waals surface area contributed by atoms with Gasteiger partial charge in [0.2, 0.25) is 5.91 Å². The second kappa shape index (κ2) is 11.7. The molecule has 1 amide bonds. The topological polar surface area (TPSA) is 43.8 Å². The van der Waals surface area contributed by atoms with E-state index in [1.807, 2.05) is 61.3 Å². The van der Waals surface area contributed by atoms with Gasteiger partial charge in [-0.1, -0.05) is 80.4 Å². The molecule has 0 radical (unpaired) electrons. The molecule has 1 aliphatic rings. The lowest BCUT2D eigenvalue weighted by Gasteiger charge is -2.32. The summed E-state index contributed by atoms with van der Waals surface area (Å²) < 4.78 is 0. The van der Waals surface area contributed by atoms with Crippen molar-refractivity contribution in [2.75, 3.05) is 26.7 Å². The maximum atomic E-state index is 12.9. The van der Waals surface area contributed by atoms with Crippen molar-refractivity contribution in [3.05, 3.63) is 71.3 Å². The van der Waals surface area contributed by atoms with Gasteiger partial charge in [0.15, 0.2) is 0 Å². The molecule has 4 nitrogen and oxygen atoms in total. The van der Waals surface area contributed by atoms with Crippen LogP contribution in [0.1, 0.15) is 49.4 Å². The molecule has 0 bridgehead atoms. The van der Waals surface area contributed by atoms with Crippen LogP contribution in [0.2, 0.25) is 0 Å². The van der Waals surface area contributed by atoms with Crippen LogP contribution in [0.4, 0.5) is 0 Å². The van der Waals surface area contributed by atoms with Gasteiger partial charge in [-0.2, -0.15) is 0 Å². The van der Waals surface area contributed by atoms with Crippen molar-refractivity contribution < 1.29 is 9.90 Å². The third-order valence-electron chi connectivity index (χ3n) is 5.20. The van der Waals surface area contributed by atoms with Crippen LogP contribution in [-0.4, -0.2) is 53.6 Å². The zero-order chi connectivity index (χ0) is 21.2. The van der Waals surface area contributed by atoms with Gasteiger partial charge in [-0.25, -0.2) is 0 Å². The Hall–Kier alpha value is -2.17. The fraction of sp³-hybridized carbons (Fsp3) is 0.480. The fourth-order valence-corrected chi connectivity index (χ4v) is 3.53. The van der Waals surface area contributed by atoms with Crippen LogP contribution >= 0.6 is 0 Å². The van der Waals surface area contributed by atoms with Crippen molar-refractivity contribution in [2.45, 2.75) is 52.2 Å². The number of rotatable bonds is 6. The number of aliphatic hydroxyl groups is 1. The number of carbonyl (C=O) groups is 1. The van der Waals surface area contributed by atoms with E-state index in [9.17, 15) is 9.90 Å². The van der Waals surface area contributed by atoms with Gasteiger partial charge < -0.3 is 10.0 Å². The number of aryl methyl sites for hydroxylation is 1. The lowest BCUT2D eigenvalue weighted by molar-refractivity contribution is -0.131. The molecule has 2 aromatic rings. The second-order valence-electron chi connectivity index (χ2n) is 8.00. The summed E-state index contributed by atoms with van der Waals surface area (Å²) in [4.78, 5) is 17.0. The van der Waals surface area contributed by atoms with Crippen LogP contribution in [0.3, 0.4) is 0 Å². The normalized spacial score (nSPS) is 17.3. The van der Waals surface area contributed by atoms with Gasteiger partial charge in [-0.3, -0.25) is 9.69 Å². The van der Waals surface area contributed by atoms with E-state index in [-0.39, 0.29) is 18.1 Å². The number of β-amino-alcohol motifs (C(OH)–C–C–N with tert-alkyl or cyclic N) is 1. The maximum absolute atomic E-state index is 12.9. The molecule has 3 rings (SSSR count). The number of nitrogens with zero attached hydrogens (tertiary/aromatic N) is 2. The number of aliphatic hydroxyl groups excluding tert-OH is 1. The number of likely N-dealkylation sites (N-methyl/N-ethyl adjacent to an activating group) is 1. The van der Waals surface area contributed by atoms with Crippen molar-refractivity contribution in [3.63, 3.8) is 0 Å². The highest BCUT2D eigenvalue weighted by Crippen LogP contribution is 2.24. The molecule has 1 N–H and O–H groups in total. The molecule has 1 fully saturated rings. The minimum absolute atomic E-state index is 0.0144. The Balaban J connectivity index is 0.000000941. The van der Waals surface area contributed by atoms with Crippen molar-refractivity contribution in [3.8, 4) is 0 Å². The zero-order valence-electron chi connectivity index (χ0n) is 18.3. The van der Waals surface area contributed by atoms with Crippen LogP contribution in [0.5, 0.6) is 0 Å². The average molecular weight is 397 g/mol. The van der Waals surface area contributed by atoms with E-state index in [1.54, 1.807) is 0 Å². The van der Waals surface area contributed by atoms with E-state index in [4.69, 9.17) is 0 Å². The van der Waals surface area contributed by atoms with E-state index < -0.39 is 0 Å². The summed E-state index contributed by atoms with van der Waals surface area (Å²) in [7, 11) is 1.89.